The van der Waals surface area contributed by atoms with Crippen LogP contribution in [0.5, 0.6) is 0 Å². The predicted octanol–water partition coefficient (Wildman–Crippen LogP) is 1.93. The summed E-state index contributed by atoms with van der Waals surface area (Å²) >= 11 is 3.44. The van der Waals surface area contributed by atoms with Crippen molar-refractivity contribution in [2.75, 3.05) is 5.75 Å². The standard InChI is InChI=1S/C9H11NO2S2/c11-9(12)6-3-5-14-8(10-6)7-2-1-4-13-7/h1-2,4,6,8,10H,3,5H2,(H,11,12). The SMILES string of the molecule is O=C(O)C1CCSC(c2cccs2)N1. The number of carboxylic acids is 1. The molecule has 0 radical (unpaired) electrons. The average molecular weight is 229 g/mol. The summed E-state index contributed by atoms with van der Waals surface area (Å²) < 4.78 is 0. The maximum absolute atomic E-state index is 10.8. The summed E-state index contributed by atoms with van der Waals surface area (Å²) in [6, 6.07) is 3.65. The van der Waals surface area contributed by atoms with Gasteiger partial charge in [-0.05, 0) is 23.6 Å². The van der Waals surface area contributed by atoms with E-state index in [9.17, 15) is 4.79 Å². The molecule has 2 N–H and O–H groups in total. The normalized spacial score (nSPS) is 27.4. The first-order valence-corrected chi connectivity index (χ1v) is 6.34. The highest BCUT2D eigenvalue weighted by Crippen LogP contribution is 2.33. The highest BCUT2D eigenvalue weighted by Gasteiger charge is 2.27. The van der Waals surface area contributed by atoms with Gasteiger partial charge in [0.25, 0.3) is 0 Å². The number of carboxylic acid groups (broad SMARTS) is 1. The van der Waals surface area contributed by atoms with Crippen molar-refractivity contribution in [3.05, 3.63) is 22.4 Å². The van der Waals surface area contributed by atoms with Gasteiger partial charge < -0.3 is 5.11 Å². The fourth-order valence-electron chi connectivity index (χ4n) is 1.42. The third-order valence-electron chi connectivity index (χ3n) is 2.14. The molecule has 5 heteroatoms. The molecule has 2 unspecified atom stereocenters. The lowest BCUT2D eigenvalue weighted by molar-refractivity contribution is -0.139. The van der Waals surface area contributed by atoms with Crippen LogP contribution in [0.4, 0.5) is 0 Å². The van der Waals surface area contributed by atoms with Gasteiger partial charge in [0.2, 0.25) is 0 Å². The number of thioether (sulfide) groups is 1. The van der Waals surface area contributed by atoms with Crippen molar-refractivity contribution >= 4 is 29.1 Å². The van der Waals surface area contributed by atoms with Crippen molar-refractivity contribution < 1.29 is 9.90 Å². The minimum atomic E-state index is -0.744. The van der Waals surface area contributed by atoms with Crippen LogP contribution < -0.4 is 5.32 Å². The Labute approximate surface area is 90.5 Å². The lowest BCUT2D eigenvalue weighted by atomic mass is 10.2. The van der Waals surface area contributed by atoms with E-state index in [1.165, 1.54) is 4.88 Å². The second-order valence-electron chi connectivity index (χ2n) is 3.11. The molecule has 3 nitrogen and oxygen atoms in total. The molecule has 1 aromatic heterocycles. The summed E-state index contributed by atoms with van der Waals surface area (Å²) in [4.78, 5) is 12.0. The van der Waals surface area contributed by atoms with Gasteiger partial charge >= 0.3 is 5.97 Å². The van der Waals surface area contributed by atoms with Gasteiger partial charge in [0, 0.05) is 4.88 Å². The molecule has 1 aliphatic heterocycles. The number of rotatable bonds is 2. The van der Waals surface area contributed by atoms with E-state index in [0.717, 1.165) is 5.75 Å². The average Bonchev–Trinajstić information content (AvgIpc) is 2.71. The predicted molar refractivity (Wildman–Crippen MR) is 58.7 cm³/mol. The van der Waals surface area contributed by atoms with Crippen LogP contribution in [0, 0.1) is 0 Å². The third-order valence-corrected chi connectivity index (χ3v) is 4.42. The minimum absolute atomic E-state index is 0.157. The minimum Gasteiger partial charge on any atom is -0.480 e. The smallest absolute Gasteiger partial charge is 0.320 e. The van der Waals surface area contributed by atoms with E-state index in [2.05, 4.69) is 5.32 Å². The lowest BCUT2D eigenvalue weighted by Gasteiger charge is -2.27. The molecule has 1 fully saturated rings. The number of carbonyl (C=O) groups is 1. The van der Waals surface area contributed by atoms with E-state index in [1.807, 2.05) is 17.5 Å². The summed E-state index contributed by atoms with van der Waals surface area (Å²) in [5.41, 5.74) is 0. The van der Waals surface area contributed by atoms with Crippen molar-refractivity contribution in [1.82, 2.24) is 5.32 Å². The summed E-state index contributed by atoms with van der Waals surface area (Å²) in [5.74, 6) is 0.166. The number of nitrogens with one attached hydrogen (secondary N) is 1. The van der Waals surface area contributed by atoms with Crippen LogP contribution >= 0.6 is 23.1 Å². The number of hydrogen-bond donors (Lipinski definition) is 2. The maximum atomic E-state index is 10.8. The van der Waals surface area contributed by atoms with Gasteiger partial charge in [-0.15, -0.1) is 23.1 Å². The Morgan fingerprint density at radius 2 is 2.50 bits per heavy atom. The molecule has 1 aromatic rings. The first-order valence-electron chi connectivity index (χ1n) is 4.41. The van der Waals surface area contributed by atoms with E-state index in [0.29, 0.717) is 6.42 Å². The fourth-order valence-corrected chi connectivity index (χ4v) is 3.56. The topological polar surface area (TPSA) is 49.3 Å². The molecule has 0 aliphatic carbocycles. The van der Waals surface area contributed by atoms with Gasteiger partial charge in [0.05, 0.1) is 5.37 Å². The second kappa shape index (κ2) is 4.33. The Morgan fingerprint density at radius 3 is 3.14 bits per heavy atom. The molecule has 1 aliphatic rings. The summed E-state index contributed by atoms with van der Waals surface area (Å²) in [6.07, 6.45) is 0.710. The van der Waals surface area contributed by atoms with E-state index >= 15 is 0 Å². The molecule has 1 saturated heterocycles. The van der Waals surface area contributed by atoms with E-state index in [-0.39, 0.29) is 11.4 Å². The van der Waals surface area contributed by atoms with E-state index in [1.54, 1.807) is 23.1 Å². The Balaban J connectivity index is 2.04. The van der Waals surface area contributed by atoms with Crippen molar-refractivity contribution in [2.24, 2.45) is 0 Å². The quantitative estimate of drug-likeness (QED) is 0.813. The van der Waals surface area contributed by atoms with Gasteiger partial charge in [-0.3, -0.25) is 10.1 Å². The van der Waals surface area contributed by atoms with Crippen molar-refractivity contribution in [3.8, 4) is 0 Å². The zero-order valence-electron chi connectivity index (χ0n) is 7.47. The largest absolute Gasteiger partial charge is 0.480 e. The highest BCUT2D eigenvalue weighted by molar-refractivity contribution is 7.99. The van der Waals surface area contributed by atoms with Gasteiger partial charge in [0.15, 0.2) is 0 Å². The van der Waals surface area contributed by atoms with Crippen molar-refractivity contribution in [3.63, 3.8) is 0 Å². The molecule has 14 heavy (non-hydrogen) atoms. The fraction of sp³-hybridized carbons (Fsp3) is 0.444. The molecule has 2 atom stereocenters. The Bertz CT molecular complexity index is 313. The van der Waals surface area contributed by atoms with Gasteiger partial charge in [0.1, 0.15) is 6.04 Å². The van der Waals surface area contributed by atoms with Crippen molar-refractivity contribution in [1.29, 1.82) is 0 Å². The second-order valence-corrected chi connectivity index (χ2v) is 5.30. The van der Waals surface area contributed by atoms with Crippen LogP contribution in [0.25, 0.3) is 0 Å². The Morgan fingerprint density at radius 1 is 1.64 bits per heavy atom. The first-order chi connectivity index (χ1) is 6.77. The zero-order valence-corrected chi connectivity index (χ0v) is 9.11. The van der Waals surface area contributed by atoms with Crippen LogP contribution in [-0.2, 0) is 4.79 Å². The van der Waals surface area contributed by atoms with Crippen LogP contribution in [-0.4, -0.2) is 22.9 Å². The Hall–Kier alpha value is -0.520. The Kier molecular flexibility index (Phi) is 3.10. The molecule has 0 amide bonds. The van der Waals surface area contributed by atoms with Crippen LogP contribution in [0.1, 0.15) is 16.7 Å². The summed E-state index contributed by atoms with van der Waals surface area (Å²) in [7, 11) is 0. The molecule has 76 valence electrons. The molecular weight excluding hydrogens is 218 g/mol. The van der Waals surface area contributed by atoms with Crippen LogP contribution in [0.2, 0.25) is 0 Å². The maximum Gasteiger partial charge on any atom is 0.320 e. The molecule has 0 saturated carbocycles. The van der Waals surface area contributed by atoms with Crippen LogP contribution in [0.15, 0.2) is 17.5 Å². The molecule has 2 rings (SSSR count). The first kappa shape index (κ1) is 10.0. The zero-order chi connectivity index (χ0) is 9.97. The molecular formula is C9H11NO2S2. The van der Waals surface area contributed by atoms with Crippen LogP contribution in [0.3, 0.4) is 0 Å². The third kappa shape index (κ3) is 2.10. The van der Waals surface area contributed by atoms with E-state index < -0.39 is 5.97 Å². The molecule has 0 spiro atoms. The summed E-state index contributed by atoms with van der Waals surface area (Å²) in [5, 5.41) is 14.2. The number of aliphatic carboxylic acids is 1. The number of hydrogen-bond acceptors (Lipinski definition) is 4. The lowest BCUT2D eigenvalue weighted by Crippen LogP contribution is -2.41. The van der Waals surface area contributed by atoms with Gasteiger partial charge in [-0.2, -0.15) is 0 Å². The molecule has 0 bridgehead atoms. The highest BCUT2D eigenvalue weighted by atomic mass is 32.2. The monoisotopic (exact) mass is 229 g/mol. The van der Waals surface area contributed by atoms with Gasteiger partial charge in [-0.1, -0.05) is 6.07 Å². The van der Waals surface area contributed by atoms with Crippen molar-refractivity contribution in [2.45, 2.75) is 17.8 Å². The van der Waals surface area contributed by atoms with Gasteiger partial charge in [-0.25, -0.2) is 0 Å². The molecule has 0 aromatic carbocycles. The molecule has 2 heterocycles. The number of thiophene rings is 1. The van der Waals surface area contributed by atoms with E-state index in [4.69, 9.17) is 5.11 Å². The summed E-state index contributed by atoms with van der Waals surface area (Å²) in [6.45, 7) is 0.